The number of benzene rings is 1. The summed E-state index contributed by atoms with van der Waals surface area (Å²) in [5.74, 6) is 0.713. The predicted molar refractivity (Wildman–Crippen MR) is 84.3 cm³/mol. The summed E-state index contributed by atoms with van der Waals surface area (Å²) >= 11 is 6.24. The van der Waals surface area contributed by atoms with Crippen molar-refractivity contribution in [1.29, 1.82) is 0 Å². The minimum Gasteiger partial charge on any atom is -0.316 e. The van der Waals surface area contributed by atoms with Crippen LogP contribution < -0.4 is 5.32 Å². The van der Waals surface area contributed by atoms with E-state index in [0.717, 1.165) is 37.1 Å². The number of carbonyl (C=O) groups is 1. The van der Waals surface area contributed by atoms with Crippen molar-refractivity contribution >= 4 is 17.4 Å². The van der Waals surface area contributed by atoms with Gasteiger partial charge in [-0.2, -0.15) is 0 Å². The van der Waals surface area contributed by atoms with Crippen LogP contribution in [-0.4, -0.2) is 18.9 Å². The first-order valence-electron chi connectivity index (χ1n) is 7.40. The molecule has 1 aromatic carbocycles. The van der Waals surface area contributed by atoms with Crippen LogP contribution in [0.3, 0.4) is 0 Å². The average molecular weight is 294 g/mol. The van der Waals surface area contributed by atoms with Gasteiger partial charge in [0.15, 0.2) is 0 Å². The van der Waals surface area contributed by atoms with Crippen LogP contribution in [0.5, 0.6) is 0 Å². The minimum absolute atomic E-state index is 0.289. The normalized spacial score (nSPS) is 19.9. The monoisotopic (exact) mass is 293 g/mol. The van der Waals surface area contributed by atoms with Crippen molar-refractivity contribution in [2.24, 2.45) is 11.3 Å². The van der Waals surface area contributed by atoms with E-state index >= 15 is 0 Å². The molecule has 1 aliphatic heterocycles. The fraction of sp³-hybridized carbons (Fsp3) is 0.588. The van der Waals surface area contributed by atoms with Crippen LogP contribution in [0.1, 0.15) is 37.8 Å². The number of ketones is 1. The van der Waals surface area contributed by atoms with Crippen LogP contribution in [0.25, 0.3) is 0 Å². The van der Waals surface area contributed by atoms with Crippen molar-refractivity contribution in [3.63, 3.8) is 0 Å². The molecule has 1 fully saturated rings. The van der Waals surface area contributed by atoms with E-state index in [2.05, 4.69) is 19.2 Å². The van der Waals surface area contributed by atoms with Gasteiger partial charge in [0.05, 0.1) is 0 Å². The van der Waals surface area contributed by atoms with Crippen molar-refractivity contribution in [3.8, 4) is 0 Å². The fourth-order valence-corrected chi connectivity index (χ4v) is 3.19. The lowest BCUT2D eigenvalue weighted by molar-refractivity contribution is -0.129. The molecule has 1 N–H and O–H groups in total. The van der Waals surface area contributed by atoms with Gasteiger partial charge in [-0.25, -0.2) is 0 Å². The molecule has 0 radical (unpaired) electrons. The molecule has 1 aromatic rings. The van der Waals surface area contributed by atoms with Gasteiger partial charge in [0, 0.05) is 16.9 Å². The Kier molecular flexibility index (Phi) is 4.87. The third-order valence-electron chi connectivity index (χ3n) is 4.60. The van der Waals surface area contributed by atoms with E-state index in [1.165, 1.54) is 0 Å². The Labute approximate surface area is 126 Å². The Balaban J connectivity index is 2.09. The van der Waals surface area contributed by atoms with Crippen LogP contribution in [0.15, 0.2) is 18.2 Å². The number of halogens is 1. The van der Waals surface area contributed by atoms with Gasteiger partial charge in [-0.05, 0) is 56.0 Å². The molecule has 0 saturated carbocycles. The number of aryl methyl sites for hydroxylation is 1. The molecule has 1 saturated heterocycles. The van der Waals surface area contributed by atoms with Gasteiger partial charge in [0.2, 0.25) is 0 Å². The quantitative estimate of drug-likeness (QED) is 0.915. The first kappa shape index (κ1) is 15.5. The number of hydrogen-bond acceptors (Lipinski definition) is 2. The first-order valence-corrected chi connectivity index (χ1v) is 7.78. The Morgan fingerprint density at radius 3 is 2.80 bits per heavy atom. The smallest absolute Gasteiger partial charge is 0.143 e. The summed E-state index contributed by atoms with van der Waals surface area (Å²) in [6, 6.07) is 5.92. The lowest BCUT2D eigenvalue weighted by Gasteiger charge is -2.36. The molecule has 0 aliphatic carbocycles. The lowest BCUT2D eigenvalue weighted by Crippen LogP contribution is -2.43. The Hall–Kier alpha value is -0.860. The first-order chi connectivity index (χ1) is 9.41. The zero-order chi connectivity index (χ0) is 14.8. The number of Topliss-reactive ketones (excluding diaryl/α,β-unsaturated/α-hetero) is 1. The van der Waals surface area contributed by atoms with Gasteiger partial charge in [-0.1, -0.05) is 37.6 Å². The zero-order valence-corrected chi connectivity index (χ0v) is 13.4. The topological polar surface area (TPSA) is 29.1 Å². The standard InChI is InChI=1S/C17H24ClNO/c1-12-6-7-13(15(18)9-12)10-16(20)17(2,3)14-5-4-8-19-11-14/h6-7,9,14,19H,4-5,8,10-11H2,1-3H3. The summed E-state index contributed by atoms with van der Waals surface area (Å²) in [7, 11) is 0. The number of carbonyl (C=O) groups excluding carboxylic acids is 1. The molecule has 0 spiro atoms. The maximum atomic E-state index is 12.7. The summed E-state index contributed by atoms with van der Waals surface area (Å²) in [5.41, 5.74) is 1.78. The molecule has 3 heteroatoms. The van der Waals surface area contributed by atoms with Gasteiger partial charge in [-0.3, -0.25) is 4.79 Å². The van der Waals surface area contributed by atoms with Crippen LogP contribution in [-0.2, 0) is 11.2 Å². The highest BCUT2D eigenvalue weighted by atomic mass is 35.5. The summed E-state index contributed by atoms with van der Waals surface area (Å²) in [6.45, 7) is 8.18. The van der Waals surface area contributed by atoms with E-state index in [4.69, 9.17) is 11.6 Å². The number of nitrogens with one attached hydrogen (secondary N) is 1. The Bertz CT molecular complexity index is 490. The maximum Gasteiger partial charge on any atom is 0.143 e. The molecular weight excluding hydrogens is 270 g/mol. The van der Waals surface area contributed by atoms with E-state index < -0.39 is 0 Å². The van der Waals surface area contributed by atoms with E-state index in [1.54, 1.807) is 0 Å². The third-order valence-corrected chi connectivity index (χ3v) is 4.95. The highest BCUT2D eigenvalue weighted by Gasteiger charge is 2.36. The van der Waals surface area contributed by atoms with Crippen molar-refractivity contribution in [2.75, 3.05) is 13.1 Å². The lowest BCUT2D eigenvalue weighted by atomic mass is 9.71. The van der Waals surface area contributed by atoms with Gasteiger partial charge in [0.1, 0.15) is 5.78 Å². The van der Waals surface area contributed by atoms with E-state index in [0.29, 0.717) is 17.4 Å². The molecule has 1 unspecified atom stereocenters. The molecule has 1 atom stereocenters. The van der Waals surface area contributed by atoms with Crippen molar-refractivity contribution in [1.82, 2.24) is 5.32 Å². The van der Waals surface area contributed by atoms with E-state index in [1.807, 2.05) is 25.1 Å². The highest BCUT2D eigenvalue weighted by Crippen LogP contribution is 2.34. The fourth-order valence-electron chi connectivity index (χ4n) is 2.89. The maximum absolute atomic E-state index is 12.7. The van der Waals surface area contributed by atoms with Crippen LogP contribution in [0, 0.1) is 18.3 Å². The molecule has 1 heterocycles. The second-order valence-electron chi connectivity index (χ2n) is 6.46. The molecular formula is C17H24ClNO. The molecule has 0 amide bonds. The molecule has 1 aliphatic rings. The summed E-state index contributed by atoms with van der Waals surface area (Å²) in [4.78, 5) is 12.7. The number of hydrogen-bond donors (Lipinski definition) is 1. The zero-order valence-electron chi connectivity index (χ0n) is 12.6. The van der Waals surface area contributed by atoms with Gasteiger partial charge >= 0.3 is 0 Å². The molecule has 0 bridgehead atoms. The second kappa shape index (κ2) is 6.28. The Morgan fingerprint density at radius 2 is 2.20 bits per heavy atom. The molecule has 0 aromatic heterocycles. The van der Waals surface area contributed by atoms with E-state index in [9.17, 15) is 4.79 Å². The number of piperidine rings is 1. The van der Waals surface area contributed by atoms with E-state index in [-0.39, 0.29) is 11.2 Å². The van der Waals surface area contributed by atoms with Crippen molar-refractivity contribution in [2.45, 2.75) is 40.0 Å². The minimum atomic E-state index is -0.290. The van der Waals surface area contributed by atoms with Gasteiger partial charge in [-0.15, -0.1) is 0 Å². The molecule has 110 valence electrons. The van der Waals surface area contributed by atoms with Gasteiger partial charge in [0.25, 0.3) is 0 Å². The molecule has 2 rings (SSSR count). The summed E-state index contributed by atoms with van der Waals surface area (Å²) in [5, 5.41) is 4.10. The summed E-state index contributed by atoms with van der Waals surface area (Å²) in [6.07, 6.45) is 2.72. The van der Waals surface area contributed by atoms with Crippen molar-refractivity contribution in [3.05, 3.63) is 34.3 Å². The molecule has 20 heavy (non-hydrogen) atoms. The predicted octanol–water partition coefficient (Wildman–Crippen LogP) is 3.79. The second-order valence-corrected chi connectivity index (χ2v) is 6.87. The van der Waals surface area contributed by atoms with Crippen LogP contribution in [0.4, 0.5) is 0 Å². The summed E-state index contributed by atoms with van der Waals surface area (Å²) < 4.78 is 0. The highest BCUT2D eigenvalue weighted by molar-refractivity contribution is 6.31. The van der Waals surface area contributed by atoms with Gasteiger partial charge < -0.3 is 5.32 Å². The molecule has 2 nitrogen and oxygen atoms in total. The third kappa shape index (κ3) is 3.42. The van der Waals surface area contributed by atoms with Crippen LogP contribution in [0.2, 0.25) is 5.02 Å². The average Bonchev–Trinajstić information content (AvgIpc) is 2.42. The van der Waals surface area contributed by atoms with Crippen molar-refractivity contribution < 1.29 is 4.79 Å². The van der Waals surface area contributed by atoms with Crippen LogP contribution >= 0.6 is 11.6 Å². The Morgan fingerprint density at radius 1 is 1.45 bits per heavy atom. The largest absolute Gasteiger partial charge is 0.316 e. The SMILES string of the molecule is Cc1ccc(CC(=O)C(C)(C)C2CCCNC2)c(Cl)c1. The number of rotatable bonds is 4.